The second-order valence-corrected chi connectivity index (χ2v) is 4.42. The van der Waals surface area contributed by atoms with Crippen LogP contribution in [0.2, 0.25) is 0 Å². The van der Waals surface area contributed by atoms with E-state index >= 15 is 0 Å². The molecule has 0 aliphatic heterocycles. The summed E-state index contributed by atoms with van der Waals surface area (Å²) >= 11 is 0. The molecule has 19 heavy (non-hydrogen) atoms. The minimum Gasteiger partial charge on any atom is -0.289 e. The predicted octanol–water partition coefficient (Wildman–Crippen LogP) is 3.07. The van der Waals surface area contributed by atoms with E-state index in [1.165, 1.54) is 18.2 Å². The molecule has 1 aromatic heterocycles. The second kappa shape index (κ2) is 5.18. The molecule has 0 aliphatic carbocycles. The molecule has 1 aromatic carbocycles. The monoisotopic (exact) mass is 258 g/mol. The molecule has 0 radical (unpaired) electrons. The predicted molar refractivity (Wildman–Crippen MR) is 72.4 cm³/mol. The van der Waals surface area contributed by atoms with Crippen molar-refractivity contribution < 1.29 is 9.18 Å². The average molecular weight is 258 g/mol. The van der Waals surface area contributed by atoms with Crippen molar-refractivity contribution in [2.24, 2.45) is 7.05 Å². The molecule has 3 nitrogen and oxygen atoms in total. The van der Waals surface area contributed by atoms with Crippen molar-refractivity contribution >= 4 is 11.9 Å². The first kappa shape index (κ1) is 13.2. The van der Waals surface area contributed by atoms with E-state index in [1.807, 2.05) is 6.92 Å². The number of halogens is 1. The quantitative estimate of drug-likeness (QED) is 0.626. The molecule has 0 N–H and O–H groups in total. The Bertz CT molecular complexity index is 656. The van der Waals surface area contributed by atoms with Crippen molar-refractivity contribution in [2.45, 2.75) is 13.8 Å². The summed E-state index contributed by atoms with van der Waals surface area (Å²) in [6, 6.07) is 6.11. The molecule has 0 spiro atoms. The van der Waals surface area contributed by atoms with Gasteiger partial charge in [-0.2, -0.15) is 5.10 Å². The Kier molecular flexibility index (Phi) is 3.60. The molecule has 0 aliphatic rings. The zero-order valence-corrected chi connectivity index (χ0v) is 11.1. The molecule has 0 saturated heterocycles. The Hall–Kier alpha value is -2.23. The van der Waals surface area contributed by atoms with Crippen LogP contribution in [0, 0.1) is 19.7 Å². The summed E-state index contributed by atoms with van der Waals surface area (Å²) in [5.74, 6) is -0.435. The van der Waals surface area contributed by atoms with Gasteiger partial charge in [0.25, 0.3) is 0 Å². The van der Waals surface area contributed by atoms with Gasteiger partial charge in [0.1, 0.15) is 5.82 Å². The Labute approximate surface area is 111 Å². The zero-order chi connectivity index (χ0) is 14.0. The molecular formula is C15H15FN2O. The third-order valence-electron chi connectivity index (χ3n) is 3.03. The summed E-state index contributed by atoms with van der Waals surface area (Å²) in [4.78, 5) is 12.1. The zero-order valence-electron chi connectivity index (χ0n) is 11.1. The molecule has 2 aromatic rings. The summed E-state index contributed by atoms with van der Waals surface area (Å²) in [6.07, 6.45) is 3.06. The number of ketones is 1. The maximum absolute atomic E-state index is 13.0. The van der Waals surface area contributed by atoms with Gasteiger partial charge in [0.05, 0.1) is 11.3 Å². The van der Waals surface area contributed by atoms with Crippen molar-refractivity contribution in [2.75, 3.05) is 0 Å². The highest BCUT2D eigenvalue weighted by Gasteiger charge is 2.14. The summed E-state index contributed by atoms with van der Waals surface area (Å²) in [5.41, 5.74) is 2.79. The van der Waals surface area contributed by atoms with Crippen molar-refractivity contribution in [3.05, 3.63) is 58.7 Å². The van der Waals surface area contributed by atoms with E-state index in [0.717, 1.165) is 5.69 Å². The molecular weight excluding hydrogens is 243 g/mol. The third-order valence-corrected chi connectivity index (χ3v) is 3.03. The first-order valence-electron chi connectivity index (χ1n) is 5.97. The normalized spacial score (nSPS) is 11.2. The molecule has 4 heteroatoms. The van der Waals surface area contributed by atoms with Crippen LogP contribution < -0.4 is 0 Å². The van der Waals surface area contributed by atoms with Gasteiger partial charge in [-0.05, 0) is 37.6 Å². The van der Waals surface area contributed by atoms with Gasteiger partial charge in [0, 0.05) is 12.7 Å². The van der Waals surface area contributed by atoms with Crippen LogP contribution in [-0.4, -0.2) is 15.6 Å². The van der Waals surface area contributed by atoms with Gasteiger partial charge in [-0.15, -0.1) is 0 Å². The van der Waals surface area contributed by atoms with Crippen LogP contribution in [-0.2, 0) is 7.05 Å². The van der Waals surface area contributed by atoms with Crippen LogP contribution in [0.25, 0.3) is 6.08 Å². The van der Waals surface area contributed by atoms with Gasteiger partial charge in [-0.3, -0.25) is 9.48 Å². The van der Waals surface area contributed by atoms with Crippen LogP contribution in [0.1, 0.15) is 27.3 Å². The summed E-state index contributed by atoms with van der Waals surface area (Å²) in [5, 5.41) is 4.20. The Morgan fingerprint density at radius 1 is 1.37 bits per heavy atom. The topological polar surface area (TPSA) is 34.9 Å². The van der Waals surface area contributed by atoms with E-state index in [-0.39, 0.29) is 11.6 Å². The van der Waals surface area contributed by atoms with Crippen molar-refractivity contribution in [1.29, 1.82) is 0 Å². The Morgan fingerprint density at radius 2 is 2.11 bits per heavy atom. The van der Waals surface area contributed by atoms with E-state index in [1.54, 1.807) is 36.9 Å². The van der Waals surface area contributed by atoms with Gasteiger partial charge in [-0.25, -0.2) is 4.39 Å². The number of aromatic nitrogens is 2. The van der Waals surface area contributed by atoms with E-state index in [4.69, 9.17) is 0 Å². The van der Waals surface area contributed by atoms with E-state index < -0.39 is 0 Å². The number of hydrogen-bond acceptors (Lipinski definition) is 2. The fourth-order valence-corrected chi connectivity index (χ4v) is 2.00. The van der Waals surface area contributed by atoms with Gasteiger partial charge >= 0.3 is 0 Å². The van der Waals surface area contributed by atoms with E-state index in [9.17, 15) is 9.18 Å². The Balaban J connectivity index is 2.26. The van der Waals surface area contributed by atoms with Crippen molar-refractivity contribution in [3.63, 3.8) is 0 Å². The fourth-order valence-electron chi connectivity index (χ4n) is 2.00. The largest absolute Gasteiger partial charge is 0.289 e. The van der Waals surface area contributed by atoms with Crippen LogP contribution in [0.15, 0.2) is 30.3 Å². The highest BCUT2D eigenvalue weighted by atomic mass is 19.1. The maximum Gasteiger partial charge on any atom is 0.189 e. The van der Waals surface area contributed by atoms with Crippen LogP contribution in [0.5, 0.6) is 0 Å². The fraction of sp³-hybridized carbons (Fsp3) is 0.200. The van der Waals surface area contributed by atoms with Gasteiger partial charge in [0.2, 0.25) is 0 Å². The molecule has 98 valence electrons. The first-order chi connectivity index (χ1) is 8.99. The van der Waals surface area contributed by atoms with Crippen molar-refractivity contribution in [3.8, 4) is 0 Å². The summed E-state index contributed by atoms with van der Waals surface area (Å²) < 4.78 is 14.7. The Morgan fingerprint density at radius 3 is 2.68 bits per heavy atom. The van der Waals surface area contributed by atoms with Crippen molar-refractivity contribution in [1.82, 2.24) is 9.78 Å². The summed E-state index contributed by atoms with van der Waals surface area (Å²) in [6.45, 7) is 3.65. The number of benzene rings is 1. The smallest absolute Gasteiger partial charge is 0.189 e. The standard InChI is InChI=1S/C15H15FN2O/c1-10-15(11(2)18(3)17-10)14(19)8-7-12-5-4-6-13(16)9-12/h4-9H,1-3H3/b8-7+. The second-order valence-electron chi connectivity index (χ2n) is 4.42. The minimum atomic E-state index is -0.316. The molecule has 0 amide bonds. The third kappa shape index (κ3) is 2.78. The number of carbonyl (C=O) groups is 1. The highest BCUT2D eigenvalue weighted by molar-refractivity contribution is 6.08. The maximum atomic E-state index is 13.0. The van der Waals surface area contributed by atoms with Crippen LogP contribution in [0.4, 0.5) is 4.39 Å². The summed E-state index contributed by atoms with van der Waals surface area (Å²) in [7, 11) is 1.80. The van der Waals surface area contributed by atoms with Crippen LogP contribution >= 0.6 is 0 Å². The molecule has 0 atom stereocenters. The number of allylic oxidation sites excluding steroid dienone is 1. The molecule has 0 saturated carbocycles. The minimum absolute atomic E-state index is 0.118. The van der Waals surface area contributed by atoms with Gasteiger partial charge in [0.15, 0.2) is 5.78 Å². The van der Waals surface area contributed by atoms with E-state index in [2.05, 4.69) is 5.10 Å². The lowest BCUT2D eigenvalue weighted by molar-refractivity contribution is 0.104. The number of aryl methyl sites for hydroxylation is 2. The van der Waals surface area contributed by atoms with Gasteiger partial charge < -0.3 is 0 Å². The molecule has 2 rings (SSSR count). The molecule has 0 unspecified atom stereocenters. The number of rotatable bonds is 3. The average Bonchev–Trinajstić information content (AvgIpc) is 2.61. The highest BCUT2D eigenvalue weighted by Crippen LogP contribution is 2.14. The van der Waals surface area contributed by atoms with E-state index in [0.29, 0.717) is 16.8 Å². The lowest BCUT2D eigenvalue weighted by atomic mass is 10.1. The number of nitrogens with zero attached hydrogens (tertiary/aromatic N) is 2. The van der Waals surface area contributed by atoms with Gasteiger partial charge in [-0.1, -0.05) is 18.2 Å². The number of carbonyl (C=O) groups excluding carboxylic acids is 1. The molecule has 0 fully saturated rings. The van der Waals surface area contributed by atoms with Crippen LogP contribution in [0.3, 0.4) is 0 Å². The lowest BCUT2D eigenvalue weighted by Crippen LogP contribution is -1.99. The lowest BCUT2D eigenvalue weighted by Gasteiger charge is -1.97. The molecule has 1 heterocycles. The first-order valence-corrected chi connectivity index (χ1v) is 5.97. The SMILES string of the molecule is Cc1nn(C)c(C)c1C(=O)/C=C/c1cccc(F)c1. The number of hydrogen-bond donors (Lipinski definition) is 0. The molecule has 0 bridgehead atoms.